The van der Waals surface area contributed by atoms with Crippen LogP contribution in [0.2, 0.25) is 0 Å². The zero-order valence-electron chi connectivity index (χ0n) is 11.1. The van der Waals surface area contributed by atoms with E-state index in [9.17, 15) is 4.79 Å². The molecule has 0 spiro atoms. The Morgan fingerprint density at radius 2 is 1.53 bits per heavy atom. The van der Waals surface area contributed by atoms with E-state index in [0.29, 0.717) is 12.2 Å². The molecule has 0 heterocycles. The summed E-state index contributed by atoms with van der Waals surface area (Å²) in [6.45, 7) is 4.24. The Hall–Kier alpha value is -2.29. The molecule has 3 heteroatoms. The van der Waals surface area contributed by atoms with Crippen molar-refractivity contribution in [1.29, 1.82) is 0 Å². The van der Waals surface area contributed by atoms with Gasteiger partial charge >= 0.3 is 5.97 Å². The van der Waals surface area contributed by atoms with Crippen molar-refractivity contribution in [2.75, 3.05) is 11.9 Å². The highest BCUT2D eigenvalue weighted by molar-refractivity contribution is 5.89. The van der Waals surface area contributed by atoms with Crippen molar-refractivity contribution in [3.8, 4) is 0 Å². The van der Waals surface area contributed by atoms with E-state index < -0.39 is 0 Å². The summed E-state index contributed by atoms with van der Waals surface area (Å²) in [5.41, 5.74) is 3.76. The van der Waals surface area contributed by atoms with Crippen LogP contribution in [0.15, 0.2) is 48.5 Å². The summed E-state index contributed by atoms with van der Waals surface area (Å²) in [6, 6.07) is 15.4. The van der Waals surface area contributed by atoms with E-state index in [0.717, 1.165) is 11.4 Å². The molecule has 0 saturated carbocycles. The Labute approximate surface area is 113 Å². The maximum atomic E-state index is 11.5. The molecule has 0 bridgehead atoms. The molecule has 0 atom stereocenters. The summed E-state index contributed by atoms with van der Waals surface area (Å²) in [5.74, 6) is -0.288. The summed E-state index contributed by atoms with van der Waals surface area (Å²) in [5, 5.41) is 3.28. The van der Waals surface area contributed by atoms with Gasteiger partial charge in [0.1, 0.15) is 0 Å². The van der Waals surface area contributed by atoms with E-state index in [1.807, 2.05) is 24.3 Å². The molecule has 0 saturated heterocycles. The first-order chi connectivity index (χ1) is 9.19. The van der Waals surface area contributed by atoms with Gasteiger partial charge < -0.3 is 10.1 Å². The quantitative estimate of drug-likeness (QED) is 0.842. The number of carbonyl (C=O) groups excluding carboxylic acids is 1. The van der Waals surface area contributed by atoms with Gasteiger partial charge in [0, 0.05) is 11.4 Å². The van der Waals surface area contributed by atoms with Crippen LogP contribution < -0.4 is 5.32 Å². The van der Waals surface area contributed by atoms with Gasteiger partial charge in [0.15, 0.2) is 0 Å². The number of nitrogens with one attached hydrogen (secondary N) is 1. The number of carbonyl (C=O) groups is 1. The van der Waals surface area contributed by atoms with Crippen LogP contribution in [0.25, 0.3) is 0 Å². The molecule has 2 rings (SSSR count). The van der Waals surface area contributed by atoms with Crippen molar-refractivity contribution in [2.45, 2.75) is 13.8 Å². The van der Waals surface area contributed by atoms with Gasteiger partial charge in [-0.05, 0) is 50.2 Å². The van der Waals surface area contributed by atoms with Gasteiger partial charge in [-0.25, -0.2) is 4.79 Å². The lowest BCUT2D eigenvalue weighted by atomic mass is 10.2. The molecule has 2 aromatic carbocycles. The molecular weight excluding hydrogens is 238 g/mol. The average molecular weight is 255 g/mol. The van der Waals surface area contributed by atoms with E-state index in [1.165, 1.54) is 5.56 Å². The van der Waals surface area contributed by atoms with Crippen LogP contribution in [0, 0.1) is 6.92 Å². The van der Waals surface area contributed by atoms with Crippen LogP contribution in [0.5, 0.6) is 0 Å². The molecule has 0 amide bonds. The Balaban J connectivity index is 2.06. The number of rotatable bonds is 4. The van der Waals surface area contributed by atoms with Crippen molar-refractivity contribution in [2.24, 2.45) is 0 Å². The Kier molecular flexibility index (Phi) is 4.18. The van der Waals surface area contributed by atoms with Crippen molar-refractivity contribution in [1.82, 2.24) is 0 Å². The minimum absolute atomic E-state index is 0.288. The summed E-state index contributed by atoms with van der Waals surface area (Å²) in [6.07, 6.45) is 0. The van der Waals surface area contributed by atoms with Gasteiger partial charge in [0.05, 0.1) is 12.2 Å². The number of aryl methyl sites for hydroxylation is 1. The lowest BCUT2D eigenvalue weighted by Crippen LogP contribution is -2.04. The van der Waals surface area contributed by atoms with E-state index in [4.69, 9.17) is 4.74 Å². The Morgan fingerprint density at radius 1 is 1.00 bits per heavy atom. The molecule has 19 heavy (non-hydrogen) atoms. The molecule has 0 unspecified atom stereocenters. The highest BCUT2D eigenvalue weighted by atomic mass is 16.5. The second-order valence-corrected chi connectivity index (χ2v) is 4.29. The Morgan fingerprint density at radius 3 is 2.05 bits per heavy atom. The standard InChI is InChI=1S/C16H17NO2/c1-3-19-16(18)13-6-10-15(11-7-13)17-14-8-4-12(2)5-9-14/h4-11,17H,3H2,1-2H3. The number of anilines is 2. The zero-order chi connectivity index (χ0) is 13.7. The fraction of sp³-hybridized carbons (Fsp3) is 0.188. The summed E-state index contributed by atoms with van der Waals surface area (Å²) in [4.78, 5) is 11.5. The maximum absolute atomic E-state index is 11.5. The number of esters is 1. The van der Waals surface area contributed by atoms with E-state index in [-0.39, 0.29) is 5.97 Å². The molecule has 0 radical (unpaired) electrons. The highest BCUT2D eigenvalue weighted by Gasteiger charge is 2.05. The largest absolute Gasteiger partial charge is 0.462 e. The second-order valence-electron chi connectivity index (χ2n) is 4.29. The van der Waals surface area contributed by atoms with Crippen LogP contribution in [0.1, 0.15) is 22.8 Å². The lowest BCUT2D eigenvalue weighted by Gasteiger charge is -2.07. The summed E-state index contributed by atoms with van der Waals surface area (Å²) in [7, 11) is 0. The first kappa shape index (κ1) is 13.1. The average Bonchev–Trinajstić information content (AvgIpc) is 2.42. The van der Waals surface area contributed by atoms with Crippen molar-refractivity contribution in [3.63, 3.8) is 0 Å². The molecule has 1 N–H and O–H groups in total. The maximum Gasteiger partial charge on any atom is 0.338 e. The van der Waals surface area contributed by atoms with Crippen LogP contribution in [-0.4, -0.2) is 12.6 Å². The molecular formula is C16H17NO2. The first-order valence-corrected chi connectivity index (χ1v) is 6.30. The van der Waals surface area contributed by atoms with Crippen molar-refractivity contribution >= 4 is 17.3 Å². The van der Waals surface area contributed by atoms with Gasteiger partial charge in [0.25, 0.3) is 0 Å². The van der Waals surface area contributed by atoms with E-state index in [2.05, 4.69) is 24.4 Å². The lowest BCUT2D eigenvalue weighted by molar-refractivity contribution is 0.0526. The number of hydrogen-bond donors (Lipinski definition) is 1. The van der Waals surface area contributed by atoms with Crippen LogP contribution in [-0.2, 0) is 4.74 Å². The predicted octanol–water partition coefficient (Wildman–Crippen LogP) is 3.92. The van der Waals surface area contributed by atoms with Gasteiger partial charge in [-0.2, -0.15) is 0 Å². The molecule has 0 fully saturated rings. The third-order valence-corrected chi connectivity index (χ3v) is 2.74. The van der Waals surface area contributed by atoms with Crippen molar-refractivity contribution in [3.05, 3.63) is 59.7 Å². The SMILES string of the molecule is CCOC(=O)c1ccc(Nc2ccc(C)cc2)cc1. The smallest absolute Gasteiger partial charge is 0.338 e. The fourth-order valence-electron chi connectivity index (χ4n) is 1.71. The van der Waals surface area contributed by atoms with Crippen LogP contribution >= 0.6 is 0 Å². The second kappa shape index (κ2) is 6.05. The number of benzene rings is 2. The monoisotopic (exact) mass is 255 g/mol. The highest BCUT2D eigenvalue weighted by Crippen LogP contribution is 2.17. The molecule has 0 aromatic heterocycles. The Bertz CT molecular complexity index is 544. The predicted molar refractivity (Wildman–Crippen MR) is 76.9 cm³/mol. The van der Waals surface area contributed by atoms with Crippen LogP contribution in [0.4, 0.5) is 11.4 Å². The summed E-state index contributed by atoms with van der Waals surface area (Å²) >= 11 is 0. The van der Waals surface area contributed by atoms with E-state index in [1.54, 1.807) is 19.1 Å². The third-order valence-electron chi connectivity index (χ3n) is 2.74. The first-order valence-electron chi connectivity index (χ1n) is 6.30. The zero-order valence-corrected chi connectivity index (χ0v) is 11.1. The molecule has 0 aliphatic rings. The molecule has 98 valence electrons. The topological polar surface area (TPSA) is 38.3 Å². The molecule has 0 aliphatic carbocycles. The number of ether oxygens (including phenoxy) is 1. The number of hydrogen-bond acceptors (Lipinski definition) is 3. The molecule has 3 nitrogen and oxygen atoms in total. The van der Waals surface area contributed by atoms with Gasteiger partial charge in [-0.15, -0.1) is 0 Å². The normalized spacial score (nSPS) is 10.0. The minimum atomic E-state index is -0.288. The van der Waals surface area contributed by atoms with Crippen LogP contribution in [0.3, 0.4) is 0 Å². The van der Waals surface area contributed by atoms with Gasteiger partial charge in [0.2, 0.25) is 0 Å². The molecule has 0 aliphatic heterocycles. The summed E-state index contributed by atoms with van der Waals surface area (Å²) < 4.78 is 4.94. The third kappa shape index (κ3) is 3.58. The fourth-order valence-corrected chi connectivity index (χ4v) is 1.71. The van der Waals surface area contributed by atoms with Gasteiger partial charge in [-0.3, -0.25) is 0 Å². The minimum Gasteiger partial charge on any atom is -0.462 e. The molecule has 2 aromatic rings. The van der Waals surface area contributed by atoms with E-state index >= 15 is 0 Å². The van der Waals surface area contributed by atoms with Gasteiger partial charge in [-0.1, -0.05) is 17.7 Å². The van der Waals surface area contributed by atoms with Crippen molar-refractivity contribution < 1.29 is 9.53 Å².